The normalized spacial score (nSPS) is 18.4. The smallest absolute Gasteiger partial charge is 0.386 e. The van der Waals surface area contributed by atoms with Gasteiger partial charge >= 0.3 is 6.18 Å². The van der Waals surface area contributed by atoms with Crippen molar-refractivity contribution in [1.82, 2.24) is 15.1 Å². The van der Waals surface area contributed by atoms with Crippen LogP contribution in [0.2, 0.25) is 0 Å². The molecule has 1 fully saturated rings. The summed E-state index contributed by atoms with van der Waals surface area (Å²) >= 11 is 0. The van der Waals surface area contributed by atoms with Gasteiger partial charge < -0.3 is 15.3 Å². The van der Waals surface area contributed by atoms with E-state index in [0.29, 0.717) is 25.6 Å². The van der Waals surface area contributed by atoms with Crippen molar-refractivity contribution < 1.29 is 22.7 Å². The number of piperazine rings is 1. The molecule has 1 heterocycles. The second-order valence-electron chi connectivity index (χ2n) is 6.47. The van der Waals surface area contributed by atoms with Gasteiger partial charge in [-0.05, 0) is 19.9 Å². The fourth-order valence-corrected chi connectivity index (χ4v) is 2.97. The van der Waals surface area contributed by atoms with Crippen LogP contribution in [-0.2, 0) is 0 Å². The van der Waals surface area contributed by atoms with Crippen LogP contribution in [0, 0.1) is 5.82 Å². The lowest BCUT2D eigenvalue weighted by Gasteiger charge is -2.39. The molecule has 2 rings (SSSR count). The van der Waals surface area contributed by atoms with Gasteiger partial charge in [0.2, 0.25) is 0 Å². The van der Waals surface area contributed by atoms with E-state index in [1.165, 1.54) is 24.0 Å². The number of halogens is 5. The summed E-state index contributed by atoms with van der Waals surface area (Å²) in [6, 6.07) is 4.47. The van der Waals surface area contributed by atoms with Crippen molar-refractivity contribution >= 4 is 29.9 Å². The molecule has 0 saturated carbocycles. The Morgan fingerprint density at radius 2 is 1.82 bits per heavy atom. The molecular formula is C18H27F4IN4O. The lowest BCUT2D eigenvalue weighted by atomic mass is 10.1. The van der Waals surface area contributed by atoms with Crippen molar-refractivity contribution in [3.05, 3.63) is 35.6 Å². The zero-order chi connectivity index (χ0) is 20.0. The number of alkyl halides is 3. The summed E-state index contributed by atoms with van der Waals surface area (Å²) in [6.07, 6.45) is -5.34. The summed E-state index contributed by atoms with van der Waals surface area (Å²) in [5, 5.41) is 13.3. The van der Waals surface area contributed by atoms with Gasteiger partial charge in [0, 0.05) is 38.3 Å². The van der Waals surface area contributed by atoms with Crippen LogP contribution in [0.5, 0.6) is 0 Å². The largest absolute Gasteiger partial charge is 0.403 e. The summed E-state index contributed by atoms with van der Waals surface area (Å²) in [7, 11) is 0. The highest BCUT2D eigenvalue weighted by Crippen LogP contribution is 2.25. The van der Waals surface area contributed by atoms with Gasteiger partial charge in [0.15, 0.2) is 5.96 Å². The van der Waals surface area contributed by atoms with Crippen LogP contribution in [0.25, 0.3) is 0 Å². The summed E-state index contributed by atoms with van der Waals surface area (Å²) in [4.78, 5) is 7.60. The first kappa shape index (κ1) is 24.9. The topological polar surface area (TPSA) is 51.1 Å². The molecule has 2 atom stereocenters. The fraction of sp³-hybridized carbons (Fsp3) is 0.611. The average Bonchev–Trinajstić information content (AvgIpc) is 2.64. The molecule has 0 spiro atoms. The molecule has 1 aromatic carbocycles. The lowest BCUT2D eigenvalue weighted by molar-refractivity contribution is -0.181. The number of nitrogens with one attached hydrogen (secondary N) is 1. The Labute approximate surface area is 179 Å². The maximum Gasteiger partial charge on any atom is 0.403 e. The van der Waals surface area contributed by atoms with E-state index in [2.05, 4.69) is 10.3 Å². The second kappa shape index (κ2) is 11.1. The molecule has 0 radical (unpaired) electrons. The van der Waals surface area contributed by atoms with Crippen molar-refractivity contribution in [2.75, 3.05) is 39.3 Å². The van der Waals surface area contributed by atoms with Crippen molar-refractivity contribution in [3.8, 4) is 0 Å². The fourth-order valence-electron chi connectivity index (χ4n) is 2.97. The third-order valence-corrected chi connectivity index (χ3v) is 4.65. The summed E-state index contributed by atoms with van der Waals surface area (Å²) < 4.78 is 52.3. The molecule has 0 amide bonds. The molecule has 28 heavy (non-hydrogen) atoms. The molecule has 10 heteroatoms. The first-order chi connectivity index (χ1) is 12.7. The molecule has 2 N–H and O–H groups in total. The number of aliphatic imine (C=N–C) groups is 1. The standard InChI is InChI=1S/C18H26F4N4O.HI/c1-3-23-17(24-12-16(27)14-6-4-5-7-15(14)19)26-10-8-25(9-11-26)13(2)18(20,21)22;/h4-7,13,16,27H,3,8-12H2,1-2H3,(H,23,24);1H. The van der Waals surface area contributed by atoms with E-state index in [1.807, 2.05) is 11.8 Å². The van der Waals surface area contributed by atoms with Crippen LogP contribution in [0.3, 0.4) is 0 Å². The summed E-state index contributed by atoms with van der Waals surface area (Å²) in [5.41, 5.74) is 0.168. The van der Waals surface area contributed by atoms with Crippen LogP contribution >= 0.6 is 24.0 Å². The number of aliphatic hydroxyl groups is 1. The monoisotopic (exact) mass is 518 g/mol. The number of benzene rings is 1. The average molecular weight is 518 g/mol. The molecule has 1 saturated heterocycles. The van der Waals surface area contributed by atoms with Gasteiger partial charge in [-0.25, -0.2) is 4.39 Å². The molecule has 1 aliphatic rings. The van der Waals surface area contributed by atoms with E-state index in [1.54, 1.807) is 12.1 Å². The second-order valence-corrected chi connectivity index (χ2v) is 6.47. The maximum absolute atomic E-state index is 13.8. The number of hydrogen-bond acceptors (Lipinski definition) is 3. The number of nitrogens with zero attached hydrogens (tertiary/aromatic N) is 3. The maximum atomic E-state index is 13.8. The third-order valence-electron chi connectivity index (χ3n) is 4.65. The highest BCUT2D eigenvalue weighted by Gasteiger charge is 2.41. The third kappa shape index (κ3) is 6.73. The van der Waals surface area contributed by atoms with Crippen molar-refractivity contribution in [3.63, 3.8) is 0 Å². The Hall–Kier alpha value is -1.14. The highest BCUT2D eigenvalue weighted by molar-refractivity contribution is 14.0. The van der Waals surface area contributed by atoms with Crippen LogP contribution < -0.4 is 5.32 Å². The van der Waals surface area contributed by atoms with E-state index in [4.69, 9.17) is 0 Å². The molecule has 1 aliphatic heterocycles. The number of rotatable bonds is 5. The molecule has 0 bridgehead atoms. The summed E-state index contributed by atoms with van der Waals surface area (Å²) in [5.74, 6) is 0.00662. The van der Waals surface area contributed by atoms with E-state index in [0.717, 1.165) is 0 Å². The molecular weight excluding hydrogens is 491 g/mol. The predicted octanol–water partition coefficient (Wildman–Crippen LogP) is 3.01. The minimum absolute atomic E-state index is 0. The van der Waals surface area contributed by atoms with E-state index < -0.39 is 24.1 Å². The van der Waals surface area contributed by atoms with Gasteiger partial charge in [-0.3, -0.25) is 9.89 Å². The van der Waals surface area contributed by atoms with Crippen LogP contribution in [-0.4, -0.2) is 72.4 Å². The Morgan fingerprint density at radius 1 is 1.21 bits per heavy atom. The Balaban J connectivity index is 0.00000392. The number of hydrogen-bond donors (Lipinski definition) is 2. The van der Waals surface area contributed by atoms with Crippen molar-refractivity contribution in [2.45, 2.75) is 32.2 Å². The SMILES string of the molecule is CCNC(=NCC(O)c1ccccc1F)N1CCN(C(C)C(F)(F)F)CC1.I. The minimum atomic E-state index is -4.25. The first-order valence-electron chi connectivity index (χ1n) is 9.00. The molecule has 5 nitrogen and oxygen atoms in total. The number of aliphatic hydroxyl groups excluding tert-OH is 1. The summed E-state index contributed by atoms with van der Waals surface area (Å²) in [6.45, 7) is 4.90. The minimum Gasteiger partial charge on any atom is -0.386 e. The molecule has 160 valence electrons. The van der Waals surface area contributed by atoms with E-state index >= 15 is 0 Å². The van der Waals surface area contributed by atoms with Gasteiger partial charge in [0.05, 0.1) is 6.54 Å². The molecule has 2 unspecified atom stereocenters. The molecule has 0 aliphatic carbocycles. The number of guanidine groups is 1. The van der Waals surface area contributed by atoms with Crippen LogP contribution in [0.1, 0.15) is 25.5 Å². The zero-order valence-corrected chi connectivity index (χ0v) is 18.2. The van der Waals surface area contributed by atoms with Crippen LogP contribution in [0.15, 0.2) is 29.3 Å². The zero-order valence-electron chi connectivity index (χ0n) is 15.9. The predicted molar refractivity (Wildman–Crippen MR) is 111 cm³/mol. The van der Waals surface area contributed by atoms with Crippen molar-refractivity contribution in [1.29, 1.82) is 0 Å². The highest BCUT2D eigenvalue weighted by atomic mass is 127. The van der Waals surface area contributed by atoms with E-state index in [9.17, 15) is 22.7 Å². The molecule has 1 aromatic rings. The van der Waals surface area contributed by atoms with Gasteiger partial charge in [-0.1, -0.05) is 18.2 Å². The van der Waals surface area contributed by atoms with Gasteiger partial charge in [0.25, 0.3) is 0 Å². The Bertz CT molecular complexity index is 636. The van der Waals surface area contributed by atoms with Gasteiger partial charge in [0.1, 0.15) is 18.0 Å². The quantitative estimate of drug-likeness (QED) is 0.273. The van der Waals surface area contributed by atoms with E-state index in [-0.39, 0.29) is 49.2 Å². The molecule has 0 aromatic heterocycles. The Morgan fingerprint density at radius 3 is 2.36 bits per heavy atom. The lowest BCUT2D eigenvalue weighted by Crippen LogP contribution is -2.56. The van der Waals surface area contributed by atoms with Crippen LogP contribution in [0.4, 0.5) is 17.6 Å². The Kier molecular flexibility index (Phi) is 9.91. The van der Waals surface area contributed by atoms with Crippen molar-refractivity contribution in [2.24, 2.45) is 4.99 Å². The first-order valence-corrected chi connectivity index (χ1v) is 9.00. The van der Waals surface area contributed by atoms with Gasteiger partial charge in [-0.2, -0.15) is 13.2 Å². The van der Waals surface area contributed by atoms with Gasteiger partial charge in [-0.15, -0.1) is 24.0 Å².